The fourth-order valence-electron chi connectivity index (χ4n) is 2.20. The van der Waals surface area contributed by atoms with Crippen molar-refractivity contribution >= 4 is 46.4 Å². The molecule has 21 heavy (non-hydrogen) atoms. The van der Waals surface area contributed by atoms with Gasteiger partial charge in [-0.15, -0.1) is 0 Å². The fraction of sp³-hybridized carbons (Fsp3) is 0.0667. The molecule has 106 valence electrons. The minimum Gasteiger partial charge on any atom is -0.326 e. The van der Waals surface area contributed by atoms with Gasteiger partial charge in [0.25, 0.3) is 5.91 Å². The highest BCUT2D eigenvalue weighted by molar-refractivity contribution is 6.35. The van der Waals surface area contributed by atoms with Gasteiger partial charge >= 0.3 is 0 Å². The van der Waals surface area contributed by atoms with Crippen LogP contribution in [0, 0.1) is 0 Å². The Kier molecular flexibility index (Phi) is 3.57. The quantitative estimate of drug-likeness (QED) is 0.885. The van der Waals surface area contributed by atoms with Crippen molar-refractivity contribution in [3.63, 3.8) is 0 Å². The van der Waals surface area contributed by atoms with E-state index < -0.39 is 0 Å². The van der Waals surface area contributed by atoms with Crippen molar-refractivity contribution in [3.8, 4) is 0 Å². The zero-order valence-corrected chi connectivity index (χ0v) is 12.3. The van der Waals surface area contributed by atoms with Crippen LogP contribution in [0.2, 0.25) is 10.0 Å². The van der Waals surface area contributed by atoms with Crippen molar-refractivity contribution in [2.24, 2.45) is 0 Å². The number of anilines is 2. The van der Waals surface area contributed by atoms with Crippen LogP contribution in [-0.2, 0) is 11.2 Å². The molecule has 0 bridgehead atoms. The fourth-order valence-corrected chi connectivity index (χ4v) is 2.72. The summed E-state index contributed by atoms with van der Waals surface area (Å²) in [5.41, 5.74) is 2.64. The molecule has 0 saturated carbocycles. The number of hydrogen-bond donors (Lipinski definition) is 2. The number of carbonyl (C=O) groups is 2. The normalized spacial score (nSPS) is 12.8. The Balaban J connectivity index is 1.82. The van der Waals surface area contributed by atoms with Crippen LogP contribution in [0.4, 0.5) is 11.4 Å². The number of carbonyl (C=O) groups excluding carboxylic acids is 2. The highest BCUT2D eigenvalue weighted by atomic mass is 35.5. The van der Waals surface area contributed by atoms with Crippen LogP contribution in [-0.4, -0.2) is 11.8 Å². The Morgan fingerprint density at radius 1 is 1.10 bits per heavy atom. The molecule has 0 aliphatic carbocycles. The van der Waals surface area contributed by atoms with Crippen LogP contribution in [0.25, 0.3) is 0 Å². The summed E-state index contributed by atoms with van der Waals surface area (Å²) in [4.78, 5) is 23.5. The van der Waals surface area contributed by atoms with E-state index in [2.05, 4.69) is 10.6 Å². The molecule has 2 aromatic rings. The van der Waals surface area contributed by atoms with Crippen molar-refractivity contribution in [1.29, 1.82) is 0 Å². The second-order valence-electron chi connectivity index (χ2n) is 4.71. The zero-order valence-electron chi connectivity index (χ0n) is 10.7. The molecule has 0 atom stereocenters. The summed E-state index contributed by atoms with van der Waals surface area (Å²) in [7, 11) is 0. The molecule has 0 unspecified atom stereocenters. The van der Waals surface area contributed by atoms with Gasteiger partial charge in [-0.2, -0.15) is 0 Å². The molecule has 0 fully saturated rings. The van der Waals surface area contributed by atoms with E-state index >= 15 is 0 Å². The predicted octanol–water partition coefficient (Wildman–Crippen LogP) is 3.74. The summed E-state index contributed by atoms with van der Waals surface area (Å²) in [6, 6.07) is 9.92. The van der Waals surface area contributed by atoms with Gasteiger partial charge in [0.2, 0.25) is 5.91 Å². The van der Waals surface area contributed by atoms with Gasteiger partial charge in [0, 0.05) is 27.0 Å². The van der Waals surface area contributed by atoms with Gasteiger partial charge in [-0.3, -0.25) is 9.59 Å². The molecule has 4 nitrogen and oxygen atoms in total. The molecule has 2 aromatic carbocycles. The molecular weight excluding hydrogens is 311 g/mol. The molecule has 1 aliphatic rings. The van der Waals surface area contributed by atoms with E-state index in [0.29, 0.717) is 27.7 Å². The van der Waals surface area contributed by atoms with E-state index in [-0.39, 0.29) is 11.8 Å². The number of nitrogens with one attached hydrogen (secondary N) is 2. The van der Waals surface area contributed by atoms with Gasteiger partial charge in [-0.05, 0) is 42.0 Å². The first-order valence-electron chi connectivity index (χ1n) is 6.21. The third-order valence-corrected chi connectivity index (χ3v) is 3.55. The van der Waals surface area contributed by atoms with Crippen molar-refractivity contribution in [1.82, 2.24) is 0 Å². The number of hydrogen-bond acceptors (Lipinski definition) is 2. The summed E-state index contributed by atoms with van der Waals surface area (Å²) in [5, 5.41) is 6.30. The van der Waals surface area contributed by atoms with Crippen LogP contribution in [0.15, 0.2) is 36.4 Å². The summed E-state index contributed by atoms with van der Waals surface area (Å²) >= 11 is 11.8. The first kappa shape index (κ1) is 13.9. The van der Waals surface area contributed by atoms with Crippen molar-refractivity contribution in [2.45, 2.75) is 6.42 Å². The van der Waals surface area contributed by atoms with Crippen LogP contribution in [0.1, 0.15) is 15.9 Å². The van der Waals surface area contributed by atoms with Gasteiger partial charge in [0.15, 0.2) is 0 Å². The highest BCUT2D eigenvalue weighted by Crippen LogP contribution is 2.26. The van der Waals surface area contributed by atoms with Crippen LogP contribution in [0.3, 0.4) is 0 Å². The second-order valence-corrected chi connectivity index (χ2v) is 5.58. The van der Waals surface area contributed by atoms with Crippen molar-refractivity contribution < 1.29 is 9.59 Å². The predicted molar refractivity (Wildman–Crippen MR) is 83.2 cm³/mol. The third-order valence-electron chi connectivity index (χ3n) is 3.11. The van der Waals surface area contributed by atoms with E-state index in [4.69, 9.17) is 23.2 Å². The second kappa shape index (κ2) is 5.39. The molecule has 1 aliphatic heterocycles. The summed E-state index contributed by atoms with van der Waals surface area (Å²) < 4.78 is 0. The molecule has 6 heteroatoms. The Morgan fingerprint density at radius 3 is 2.52 bits per heavy atom. The van der Waals surface area contributed by atoms with Gasteiger partial charge in [-0.25, -0.2) is 0 Å². The number of amides is 2. The Labute approximate surface area is 131 Å². The molecule has 0 spiro atoms. The lowest BCUT2D eigenvalue weighted by Crippen LogP contribution is -2.12. The number of halogens is 2. The standard InChI is InChI=1S/C15H10Cl2N2O2/c16-10-3-9(4-11(17)7-10)15(21)18-12-1-2-13-8(5-12)6-14(20)19-13/h1-5,7H,6H2,(H,18,21)(H,19,20). The summed E-state index contributed by atoms with van der Waals surface area (Å²) in [6.45, 7) is 0. The Hall–Kier alpha value is -2.04. The van der Waals surface area contributed by atoms with Crippen LogP contribution >= 0.6 is 23.2 Å². The Morgan fingerprint density at radius 2 is 1.81 bits per heavy atom. The van der Waals surface area contributed by atoms with E-state index in [0.717, 1.165) is 11.3 Å². The van der Waals surface area contributed by atoms with Gasteiger partial charge in [-0.1, -0.05) is 23.2 Å². The maximum atomic E-state index is 12.2. The average Bonchev–Trinajstić information content (AvgIpc) is 2.77. The molecule has 3 rings (SSSR count). The number of benzene rings is 2. The smallest absolute Gasteiger partial charge is 0.255 e. The van der Waals surface area contributed by atoms with E-state index in [1.54, 1.807) is 36.4 Å². The van der Waals surface area contributed by atoms with Gasteiger partial charge in [0.05, 0.1) is 6.42 Å². The van der Waals surface area contributed by atoms with Gasteiger partial charge in [0.1, 0.15) is 0 Å². The monoisotopic (exact) mass is 320 g/mol. The summed E-state index contributed by atoms with van der Waals surface area (Å²) in [5.74, 6) is -0.355. The topological polar surface area (TPSA) is 58.2 Å². The highest BCUT2D eigenvalue weighted by Gasteiger charge is 2.18. The maximum Gasteiger partial charge on any atom is 0.255 e. The zero-order chi connectivity index (χ0) is 15.0. The summed E-state index contributed by atoms with van der Waals surface area (Å²) in [6.07, 6.45) is 0.321. The lowest BCUT2D eigenvalue weighted by Gasteiger charge is -2.08. The molecule has 0 saturated heterocycles. The van der Waals surface area contributed by atoms with E-state index in [1.807, 2.05) is 0 Å². The SMILES string of the molecule is O=C1Cc2cc(NC(=O)c3cc(Cl)cc(Cl)c3)ccc2N1. The minimum atomic E-state index is -0.309. The van der Waals surface area contributed by atoms with Crippen molar-refractivity contribution in [3.05, 3.63) is 57.6 Å². The Bertz CT molecular complexity index is 739. The third kappa shape index (κ3) is 3.01. The molecule has 2 amide bonds. The van der Waals surface area contributed by atoms with Crippen molar-refractivity contribution in [2.75, 3.05) is 10.6 Å². The first-order chi connectivity index (χ1) is 10.0. The average molecular weight is 321 g/mol. The number of fused-ring (bicyclic) bond motifs is 1. The van der Waals surface area contributed by atoms with E-state index in [9.17, 15) is 9.59 Å². The van der Waals surface area contributed by atoms with E-state index in [1.165, 1.54) is 0 Å². The lowest BCUT2D eigenvalue weighted by atomic mass is 10.1. The molecule has 2 N–H and O–H groups in total. The van der Waals surface area contributed by atoms with Crippen LogP contribution in [0.5, 0.6) is 0 Å². The molecule has 0 radical (unpaired) electrons. The first-order valence-corrected chi connectivity index (χ1v) is 6.97. The minimum absolute atomic E-state index is 0.0462. The van der Waals surface area contributed by atoms with Crippen LogP contribution < -0.4 is 10.6 Å². The molecular formula is C15H10Cl2N2O2. The molecule has 0 aromatic heterocycles. The maximum absolute atomic E-state index is 12.2. The van der Waals surface area contributed by atoms with Gasteiger partial charge < -0.3 is 10.6 Å². The lowest BCUT2D eigenvalue weighted by molar-refractivity contribution is -0.115. The number of rotatable bonds is 2. The molecule has 1 heterocycles. The largest absolute Gasteiger partial charge is 0.326 e.